The molecule has 112 valence electrons. The van der Waals surface area contributed by atoms with Gasteiger partial charge in [0.1, 0.15) is 23.1 Å². The predicted molar refractivity (Wildman–Crippen MR) is 78.3 cm³/mol. The molecular weight excluding hydrogens is 293 g/mol. The molecule has 0 bridgehead atoms. The van der Waals surface area contributed by atoms with Gasteiger partial charge in [-0.15, -0.1) is 0 Å². The summed E-state index contributed by atoms with van der Waals surface area (Å²) < 4.78 is 45.0. The second kappa shape index (κ2) is 6.69. The van der Waals surface area contributed by atoms with Crippen molar-refractivity contribution in [3.63, 3.8) is 0 Å². The van der Waals surface area contributed by atoms with E-state index in [1.165, 1.54) is 18.2 Å². The van der Waals surface area contributed by atoms with Crippen LogP contribution < -0.4 is 9.46 Å². The van der Waals surface area contributed by atoms with Crippen LogP contribution in [-0.2, 0) is 10.0 Å². The first-order valence-corrected chi connectivity index (χ1v) is 7.91. The smallest absolute Gasteiger partial charge is 0.243 e. The van der Waals surface area contributed by atoms with E-state index < -0.39 is 15.8 Å². The number of hydrogen-bond donors (Lipinski definition) is 1. The van der Waals surface area contributed by atoms with Crippen molar-refractivity contribution in [3.8, 4) is 5.75 Å². The molecule has 0 spiro atoms. The zero-order chi connectivity index (χ0) is 15.3. The summed E-state index contributed by atoms with van der Waals surface area (Å²) in [6.07, 6.45) is 0. The largest absolute Gasteiger partial charge is 0.492 e. The first-order chi connectivity index (χ1) is 9.99. The molecular formula is C15H16FNO3S. The lowest BCUT2D eigenvalue weighted by Crippen LogP contribution is -2.28. The molecule has 1 N–H and O–H groups in total. The van der Waals surface area contributed by atoms with Gasteiger partial charge in [-0.25, -0.2) is 17.5 Å². The van der Waals surface area contributed by atoms with Gasteiger partial charge in [-0.1, -0.05) is 24.3 Å². The summed E-state index contributed by atoms with van der Waals surface area (Å²) in [5.74, 6) is -0.107. The molecule has 0 aliphatic rings. The van der Waals surface area contributed by atoms with Crippen LogP contribution in [-0.4, -0.2) is 21.6 Å². The molecule has 0 atom stereocenters. The quantitative estimate of drug-likeness (QED) is 0.834. The molecule has 0 aliphatic heterocycles. The molecule has 0 aliphatic carbocycles. The molecule has 2 aromatic carbocycles. The second-order valence-corrected chi connectivity index (χ2v) is 6.23. The van der Waals surface area contributed by atoms with Gasteiger partial charge in [-0.2, -0.15) is 0 Å². The van der Waals surface area contributed by atoms with E-state index >= 15 is 0 Å². The number of nitrogens with one attached hydrogen (secondary N) is 1. The predicted octanol–water partition coefficient (Wildman–Crippen LogP) is 2.49. The fourth-order valence-corrected chi connectivity index (χ4v) is 2.88. The molecule has 0 fully saturated rings. The van der Waals surface area contributed by atoms with Gasteiger partial charge in [0.25, 0.3) is 0 Å². The first kappa shape index (κ1) is 15.5. The highest BCUT2D eigenvalue weighted by atomic mass is 32.2. The fourth-order valence-electron chi connectivity index (χ4n) is 1.79. The van der Waals surface area contributed by atoms with Gasteiger partial charge in [-0.05, 0) is 36.8 Å². The maximum Gasteiger partial charge on any atom is 0.243 e. The molecule has 2 aromatic rings. The summed E-state index contributed by atoms with van der Waals surface area (Å²) in [7, 11) is -3.86. The molecule has 21 heavy (non-hydrogen) atoms. The van der Waals surface area contributed by atoms with Crippen LogP contribution in [0.5, 0.6) is 5.75 Å². The van der Waals surface area contributed by atoms with E-state index in [9.17, 15) is 12.8 Å². The van der Waals surface area contributed by atoms with Crippen molar-refractivity contribution in [3.05, 3.63) is 59.9 Å². The molecule has 0 heterocycles. The van der Waals surface area contributed by atoms with Crippen LogP contribution in [0.25, 0.3) is 0 Å². The highest BCUT2D eigenvalue weighted by Gasteiger charge is 2.17. The van der Waals surface area contributed by atoms with Gasteiger partial charge in [-0.3, -0.25) is 0 Å². The molecule has 0 amide bonds. The molecule has 0 saturated carbocycles. The third-order valence-corrected chi connectivity index (χ3v) is 4.27. The average molecular weight is 309 g/mol. The third-order valence-electron chi connectivity index (χ3n) is 2.78. The molecule has 0 saturated heterocycles. The Kier molecular flexibility index (Phi) is 4.93. The van der Waals surface area contributed by atoms with Crippen LogP contribution in [0.1, 0.15) is 5.56 Å². The van der Waals surface area contributed by atoms with Gasteiger partial charge < -0.3 is 4.74 Å². The van der Waals surface area contributed by atoms with Crippen LogP contribution in [0.15, 0.2) is 53.4 Å². The van der Waals surface area contributed by atoms with E-state index in [0.29, 0.717) is 5.75 Å². The van der Waals surface area contributed by atoms with Crippen molar-refractivity contribution in [2.24, 2.45) is 0 Å². The number of sulfonamides is 1. The van der Waals surface area contributed by atoms with Crippen LogP contribution in [0.4, 0.5) is 4.39 Å². The van der Waals surface area contributed by atoms with Crippen molar-refractivity contribution in [1.82, 2.24) is 4.72 Å². The Hall–Kier alpha value is -1.92. The Morgan fingerprint density at radius 1 is 1.14 bits per heavy atom. The topological polar surface area (TPSA) is 55.4 Å². The van der Waals surface area contributed by atoms with E-state index in [1.54, 1.807) is 6.07 Å². The Morgan fingerprint density at radius 3 is 2.62 bits per heavy atom. The van der Waals surface area contributed by atoms with Crippen LogP contribution >= 0.6 is 0 Å². The minimum atomic E-state index is -3.86. The zero-order valence-corrected chi connectivity index (χ0v) is 12.4. The molecule has 0 radical (unpaired) electrons. The van der Waals surface area contributed by atoms with Crippen molar-refractivity contribution in [2.75, 3.05) is 13.2 Å². The van der Waals surface area contributed by atoms with Gasteiger partial charge >= 0.3 is 0 Å². The normalized spacial score (nSPS) is 11.3. The first-order valence-electron chi connectivity index (χ1n) is 6.43. The Morgan fingerprint density at radius 2 is 1.90 bits per heavy atom. The van der Waals surface area contributed by atoms with E-state index in [1.807, 2.05) is 25.1 Å². The Balaban J connectivity index is 1.90. The lowest BCUT2D eigenvalue weighted by atomic mass is 10.2. The Labute approximate surface area is 123 Å². The van der Waals surface area contributed by atoms with E-state index in [0.717, 1.165) is 11.6 Å². The monoisotopic (exact) mass is 309 g/mol. The lowest BCUT2D eigenvalue weighted by molar-refractivity contribution is 0.322. The number of hydrogen-bond acceptors (Lipinski definition) is 3. The fraction of sp³-hybridized carbons (Fsp3) is 0.200. The molecule has 4 nitrogen and oxygen atoms in total. The maximum atomic E-state index is 13.5. The van der Waals surface area contributed by atoms with E-state index in [2.05, 4.69) is 4.72 Å². The number of benzene rings is 2. The minimum absolute atomic E-state index is 0.0601. The van der Waals surface area contributed by atoms with Crippen LogP contribution in [0.3, 0.4) is 0 Å². The van der Waals surface area contributed by atoms with Gasteiger partial charge in [0, 0.05) is 6.54 Å². The summed E-state index contributed by atoms with van der Waals surface area (Å²) >= 11 is 0. The average Bonchev–Trinajstić information content (AvgIpc) is 2.44. The van der Waals surface area contributed by atoms with E-state index in [4.69, 9.17) is 4.74 Å². The summed E-state index contributed by atoms with van der Waals surface area (Å²) in [5, 5.41) is 0. The zero-order valence-electron chi connectivity index (χ0n) is 11.5. The molecule has 0 unspecified atom stereocenters. The molecule has 0 aromatic heterocycles. The minimum Gasteiger partial charge on any atom is -0.492 e. The van der Waals surface area contributed by atoms with Gasteiger partial charge in [0.15, 0.2) is 0 Å². The van der Waals surface area contributed by atoms with Crippen molar-refractivity contribution >= 4 is 10.0 Å². The van der Waals surface area contributed by atoms with Crippen molar-refractivity contribution in [1.29, 1.82) is 0 Å². The highest BCUT2D eigenvalue weighted by Crippen LogP contribution is 2.14. The van der Waals surface area contributed by atoms with Gasteiger partial charge in [0.05, 0.1) is 0 Å². The Bertz CT molecular complexity index is 716. The third kappa shape index (κ3) is 4.27. The molecule has 2 rings (SSSR count). The number of ether oxygens (including phenoxy) is 1. The van der Waals surface area contributed by atoms with Gasteiger partial charge in [0.2, 0.25) is 10.0 Å². The van der Waals surface area contributed by atoms with Crippen LogP contribution in [0.2, 0.25) is 0 Å². The summed E-state index contributed by atoms with van der Waals surface area (Å²) in [4.78, 5) is -0.361. The standard InChI is InChI=1S/C15H16FNO3S/c1-12-5-4-6-13(11-12)20-10-9-17-21(18,19)15-8-3-2-7-14(15)16/h2-8,11,17H,9-10H2,1H3. The number of rotatable bonds is 6. The SMILES string of the molecule is Cc1cccc(OCCNS(=O)(=O)c2ccccc2F)c1. The summed E-state index contributed by atoms with van der Waals surface area (Å²) in [6, 6.07) is 12.7. The molecule has 6 heteroatoms. The van der Waals surface area contributed by atoms with Crippen LogP contribution in [0, 0.1) is 12.7 Å². The highest BCUT2D eigenvalue weighted by molar-refractivity contribution is 7.89. The lowest BCUT2D eigenvalue weighted by Gasteiger charge is -2.09. The number of aryl methyl sites for hydroxylation is 1. The summed E-state index contributed by atoms with van der Waals surface area (Å²) in [5.41, 5.74) is 1.06. The number of halogens is 1. The maximum absolute atomic E-state index is 13.5. The van der Waals surface area contributed by atoms with Crippen molar-refractivity contribution in [2.45, 2.75) is 11.8 Å². The van der Waals surface area contributed by atoms with E-state index in [-0.39, 0.29) is 18.0 Å². The summed E-state index contributed by atoms with van der Waals surface area (Å²) in [6.45, 7) is 2.16. The van der Waals surface area contributed by atoms with Crippen molar-refractivity contribution < 1.29 is 17.5 Å². The second-order valence-electron chi connectivity index (χ2n) is 4.49.